The molecule has 3 N–H and O–H groups in total. The van der Waals surface area contributed by atoms with Gasteiger partial charge >= 0.3 is 0 Å². The molecule has 0 amide bonds. The van der Waals surface area contributed by atoms with E-state index in [-0.39, 0.29) is 6.04 Å². The third kappa shape index (κ3) is 2.71. The van der Waals surface area contributed by atoms with Gasteiger partial charge in [0.1, 0.15) is 0 Å². The standard InChI is InChI=1S/C15H19N3S/c16-18-14(9-11-6-8-19-10-11)13-5-1-3-12-4-2-7-17-15(12)13/h2,4,6-8,10,13-14,18H,1,3,5,9,16H2. The Hall–Kier alpha value is -1.23. The molecule has 2 heterocycles. The first-order chi connectivity index (χ1) is 9.38. The van der Waals surface area contributed by atoms with E-state index in [1.807, 2.05) is 12.3 Å². The van der Waals surface area contributed by atoms with Crippen LogP contribution in [-0.4, -0.2) is 11.0 Å². The first-order valence-corrected chi connectivity index (χ1v) is 7.74. The molecule has 0 spiro atoms. The van der Waals surface area contributed by atoms with Gasteiger partial charge in [0, 0.05) is 23.9 Å². The van der Waals surface area contributed by atoms with Gasteiger partial charge in [0.15, 0.2) is 0 Å². The number of aryl methyl sites for hydroxylation is 1. The van der Waals surface area contributed by atoms with Gasteiger partial charge in [0.05, 0.1) is 0 Å². The van der Waals surface area contributed by atoms with E-state index in [4.69, 9.17) is 5.84 Å². The molecule has 2 aromatic heterocycles. The van der Waals surface area contributed by atoms with Gasteiger partial charge in [-0.15, -0.1) is 0 Å². The van der Waals surface area contributed by atoms with Crippen LogP contribution in [0.3, 0.4) is 0 Å². The van der Waals surface area contributed by atoms with Crippen LogP contribution in [-0.2, 0) is 12.8 Å². The van der Waals surface area contributed by atoms with E-state index in [2.05, 4.69) is 33.3 Å². The Kier molecular flexibility index (Phi) is 3.92. The van der Waals surface area contributed by atoms with Crippen LogP contribution < -0.4 is 11.3 Å². The van der Waals surface area contributed by atoms with Crippen LogP contribution in [0.4, 0.5) is 0 Å². The average molecular weight is 273 g/mol. The maximum atomic E-state index is 5.80. The van der Waals surface area contributed by atoms with Crippen molar-refractivity contribution in [3.63, 3.8) is 0 Å². The van der Waals surface area contributed by atoms with Crippen molar-refractivity contribution in [1.82, 2.24) is 10.4 Å². The molecule has 0 bridgehead atoms. The Morgan fingerprint density at radius 2 is 2.42 bits per heavy atom. The minimum absolute atomic E-state index is 0.267. The second kappa shape index (κ2) is 5.82. The Bertz CT molecular complexity index is 524. The maximum Gasteiger partial charge on any atom is 0.0482 e. The molecule has 0 radical (unpaired) electrons. The zero-order valence-electron chi connectivity index (χ0n) is 10.9. The number of hydrogen-bond acceptors (Lipinski definition) is 4. The summed E-state index contributed by atoms with van der Waals surface area (Å²) in [5.74, 6) is 6.23. The number of aromatic nitrogens is 1. The molecule has 19 heavy (non-hydrogen) atoms. The number of hydrazine groups is 1. The van der Waals surface area contributed by atoms with Crippen molar-refractivity contribution in [3.8, 4) is 0 Å². The lowest BCUT2D eigenvalue weighted by atomic mass is 9.80. The lowest BCUT2D eigenvalue weighted by molar-refractivity contribution is 0.388. The summed E-state index contributed by atoms with van der Waals surface area (Å²) >= 11 is 1.74. The zero-order valence-corrected chi connectivity index (χ0v) is 11.7. The Balaban J connectivity index is 1.84. The molecular formula is C15H19N3S. The second-order valence-electron chi connectivity index (χ2n) is 5.16. The van der Waals surface area contributed by atoms with Crippen molar-refractivity contribution in [2.24, 2.45) is 5.84 Å². The summed E-state index contributed by atoms with van der Waals surface area (Å²) in [5.41, 5.74) is 7.01. The summed E-state index contributed by atoms with van der Waals surface area (Å²) in [6.07, 6.45) is 6.42. The summed E-state index contributed by atoms with van der Waals surface area (Å²) in [6, 6.07) is 6.68. The second-order valence-corrected chi connectivity index (χ2v) is 5.94. The number of nitrogens with two attached hydrogens (primary N) is 1. The highest BCUT2D eigenvalue weighted by Gasteiger charge is 2.28. The Morgan fingerprint density at radius 1 is 1.47 bits per heavy atom. The van der Waals surface area contributed by atoms with Crippen LogP contribution in [0.2, 0.25) is 0 Å². The molecule has 3 nitrogen and oxygen atoms in total. The van der Waals surface area contributed by atoms with Gasteiger partial charge in [-0.2, -0.15) is 11.3 Å². The van der Waals surface area contributed by atoms with E-state index in [9.17, 15) is 0 Å². The fourth-order valence-corrected chi connectivity index (χ4v) is 3.70. The average Bonchev–Trinajstić information content (AvgIpc) is 2.97. The van der Waals surface area contributed by atoms with Gasteiger partial charge in [-0.1, -0.05) is 6.07 Å². The number of nitrogens with one attached hydrogen (secondary N) is 1. The molecule has 0 aliphatic heterocycles. The number of fused-ring (bicyclic) bond motifs is 1. The summed E-state index contributed by atoms with van der Waals surface area (Å²) in [4.78, 5) is 4.61. The van der Waals surface area contributed by atoms with E-state index >= 15 is 0 Å². The first kappa shape index (κ1) is 12.8. The molecular weight excluding hydrogens is 254 g/mol. The summed E-state index contributed by atoms with van der Waals surface area (Å²) in [6.45, 7) is 0. The van der Waals surface area contributed by atoms with Crippen molar-refractivity contribution in [2.45, 2.75) is 37.6 Å². The minimum atomic E-state index is 0.267. The first-order valence-electron chi connectivity index (χ1n) is 6.79. The van der Waals surface area contributed by atoms with Gasteiger partial charge in [-0.3, -0.25) is 16.3 Å². The highest BCUT2D eigenvalue weighted by Crippen LogP contribution is 2.33. The fourth-order valence-electron chi connectivity index (χ4n) is 3.02. The van der Waals surface area contributed by atoms with Crippen LogP contribution in [0.15, 0.2) is 35.2 Å². The third-order valence-electron chi connectivity index (χ3n) is 3.97. The number of nitrogens with zero attached hydrogens (tertiary/aromatic N) is 1. The highest BCUT2D eigenvalue weighted by atomic mass is 32.1. The Morgan fingerprint density at radius 3 is 3.21 bits per heavy atom. The predicted molar refractivity (Wildman–Crippen MR) is 79.1 cm³/mol. The number of rotatable bonds is 4. The lowest BCUT2D eigenvalue weighted by Gasteiger charge is -2.30. The van der Waals surface area contributed by atoms with E-state index in [0.717, 1.165) is 12.8 Å². The molecule has 4 heteroatoms. The van der Waals surface area contributed by atoms with E-state index in [0.29, 0.717) is 5.92 Å². The molecule has 2 aromatic rings. The van der Waals surface area contributed by atoms with Gasteiger partial charge in [0.25, 0.3) is 0 Å². The number of hydrogen-bond donors (Lipinski definition) is 2. The fraction of sp³-hybridized carbons (Fsp3) is 0.400. The van der Waals surface area contributed by atoms with Crippen LogP contribution >= 0.6 is 11.3 Å². The quantitative estimate of drug-likeness (QED) is 0.665. The molecule has 0 saturated carbocycles. The van der Waals surface area contributed by atoms with E-state index < -0.39 is 0 Å². The molecule has 1 aliphatic carbocycles. The predicted octanol–water partition coefficient (Wildman–Crippen LogP) is 2.64. The maximum absolute atomic E-state index is 5.80. The topological polar surface area (TPSA) is 50.9 Å². The third-order valence-corrected chi connectivity index (χ3v) is 4.71. The van der Waals surface area contributed by atoms with Crippen molar-refractivity contribution in [2.75, 3.05) is 0 Å². The number of pyridine rings is 1. The van der Waals surface area contributed by atoms with Crippen LogP contribution in [0.5, 0.6) is 0 Å². The van der Waals surface area contributed by atoms with Crippen LogP contribution in [0, 0.1) is 0 Å². The molecule has 2 atom stereocenters. The van der Waals surface area contributed by atoms with Crippen LogP contribution in [0.25, 0.3) is 0 Å². The molecule has 0 aromatic carbocycles. The van der Waals surface area contributed by atoms with Gasteiger partial charge in [-0.05, 0) is 59.7 Å². The largest absolute Gasteiger partial charge is 0.271 e. The van der Waals surface area contributed by atoms with Crippen molar-refractivity contribution in [3.05, 3.63) is 52.0 Å². The molecule has 2 unspecified atom stereocenters. The summed E-state index contributed by atoms with van der Waals surface area (Å²) in [7, 11) is 0. The zero-order chi connectivity index (χ0) is 13.1. The monoisotopic (exact) mass is 273 g/mol. The van der Waals surface area contributed by atoms with E-state index in [1.165, 1.54) is 29.7 Å². The molecule has 100 valence electrons. The SMILES string of the molecule is NNC(Cc1ccsc1)C1CCCc2cccnc21. The van der Waals surface area contributed by atoms with Crippen LogP contribution in [0.1, 0.15) is 35.6 Å². The smallest absolute Gasteiger partial charge is 0.0482 e. The molecule has 0 fully saturated rings. The van der Waals surface area contributed by atoms with Gasteiger partial charge in [0.2, 0.25) is 0 Å². The van der Waals surface area contributed by atoms with Gasteiger partial charge < -0.3 is 0 Å². The van der Waals surface area contributed by atoms with Crippen molar-refractivity contribution in [1.29, 1.82) is 0 Å². The normalized spacial score (nSPS) is 19.9. The van der Waals surface area contributed by atoms with Crippen molar-refractivity contribution < 1.29 is 0 Å². The van der Waals surface area contributed by atoms with Gasteiger partial charge in [-0.25, -0.2) is 0 Å². The molecule has 0 saturated heterocycles. The van der Waals surface area contributed by atoms with E-state index in [1.54, 1.807) is 11.3 Å². The minimum Gasteiger partial charge on any atom is -0.271 e. The number of thiophene rings is 1. The Labute approximate surface area is 117 Å². The summed E-state index contributed by atoms with van der Waals surface area (Å²) < 4.78 is 0. The summed E-state index contributed by atoms with van der Waals surface area (Å²) in [5, 5.41) is 4.32. The lowest BCUT2D eigenvalue weighted by Crippen LogP contribution is -2.42. The molecule has 1 aliphatic rings. The van der Waals surface area contributed by atoms with Crippen molar-refractivity contribution >= 4 is 11.3 Å². The molecule has 3 rings (SSSR count). The highest BCUT2D eigenvalue weighted by molar-refractivity contribution is 7.07.